The standard InChI is InChI=1S/C23H38/c1-3-5-7-9-11-21-14-18-23(19-15-21)22-16-12-20(13-17-22)10-8-6-4-2/h8,10,20-23H,3-7,12-19H2,1-2H3/b10-8+. The van der Waals surface area contributed by atoms with Crippen molar-refractivity contribution in [3.63, 3.8) is 0 Å². The van der Waals surface area contributed by atoms with Crippen LogP contribution in [0.25, 0.3) is 0 Å². The van der Waals surface area contributed by atoms with Crippen LogP contribution in [0.5, 0.6) is 0 Å². The molecule has 2 fully saturated rings. The molecule has 0 N–H and O–H groups in total. The number of rotatable bonds is 6. The molecule has 0 atom stereocenters. The van der Waals surface area contributed by atoms with E-state index in [2.05, 4.69) is 37.8 Å². The molecule has 0 radical (unpaired) electrons. The maximum atomic E-state index is 3.56. The number of unbranched alkanes of at least 4 members (excludes halogenated alkanes) is 3. The predicted molar refractivity (Wildman–Crippen MR) is 102 cm³/mol. The van der Waals surface area contributed by atoms with Gasteiger partial charge in [-0.2, -0.15) is 0 Å². The summed E-state index contributed by atoms with van der Waals surface area (Å²) < 4.78 is 0. The first-order chi connectivity index (χ1) is 11.3. The summed E-state index contributed by atoms with van der Waals surface area (Å²) in [5, 5.41) is 0. The minimum absolute atomic E-state index is 0.719. The molecule has 0 heteroatoms. The van der Waals surface area contributed by atoms with Crippen molar-refractivity contribution in [3.05, 3.63) is 12.2 Å². The lowest BCUT2D eigenvalue weighted by molar-refractivity contribution is 0.168. The van der Waals surface area contributed by atoms with Crippen molar-refractivity contribution in [3.8, 4) is 11.8 Å². The first-order valence-electron chi connectivity index (χ1n) is 10.5. The van der Waals surface area contributed by atoms with E-state index in [1.165, 1.54) is 77.0 Å². The highest BCUT2D eigenvalue weighted by atomic mass is 14.3. The highest BCUT2D eigenvalue weighted by molar-refractivity contribution is 5.05. The molecule has 0 unspecified atom stereocenters. The first kappa shape index (κ1) is 18.6. The summed E-state index contributed by atoms with van der Waals surface area (Å²) >= 11 is 0. The molecule has 0 heterocycles. The van der Waals surface area contributed by atoms with Gasteiger partial charge in [0.2, 0.25) is 0 Å². The van der Waals surface area contributed by atoms with E-state index in [-0.39, 0.29) is 0 Å². The van der Waals surface area contributed by atoms with Gasteiger partial charge >= 0.3 is 0 Å². The van der Waals surface area contributed by atoms with E-state index in [0.717, 1.165) is 30.1 Å². The fourth-order valence-corrected chi connectivity index (χ4v) is 4.48. The van der Waals surface area contributed by atoms with E-state index >= 15 is 0 Å². The molecule has 0 bridgehead atoms. The molecule has 23 heavy (non-hydrogen) atoms. The lowest BCUT2D eigenvalue weighted by Crippen LogP contribution is -2.25. The van der Waals surface area contributed by atoms with E-state index < -0.39 is 0 Å². The van der Waals surface area contributed by atoms with Gasteiger partial charge in [0.15, 0.2) is 0 Å². The van der Waals surface area contributed by atoms with Crippen molar-refractivity contribution >= 4 is 0 Å². The molecule has 0 aromatic carbocycles. The molecule has 2 aliphatic carbocycles. The van der Waals surface area contributed by atoms with Gasteiger partial charge in [-0.3, -0.25) is 0 Å². The highest BCUT2D eigenvalue weighted by Gasteiger charge is 2.29. The number of hydrogen-bond donors (Lipinski definition) is 0. The number of hydrogen-bond acceptors (Lipinski definition) is 0. The van der Waals surface area contributed by atoms with E-state index in [4.69, 9.17) is 0 Å². The predicted octanol–water partition coefficient (Wildman–Crippen LogP) is 7.15. The smallest absolute Gasteiger partial charge is 0.0203 e. The average Bonchev–Trinajstić information content (AvgIpc) is 2.60. The third kappa shape index (κ3) is 6.74. The summed E-state index contributed by atoms with van der Waals surface area (Å²) in [7, 11) is 0. The molecule has 2 aliphatic rings. The fraction of sp³-hybridized carbons (Fsp3) is 0.826. The van der Waals surface area contributed by atoms with Crippen molar-refractivity contribution in [2.75, 3.05) is 0 Å². The maximum absolute atomic E-state index is 3.56. The topological polar surface area (TPSA) is 0 Å². The zero-order valence-electron chi connectivity index (χ0n) is 15.7. The Labute approximate surface area is 145 Å². The van der Waals surface area contributed by atoms with Crippen molar-refractivity contribution in [1.29, 1.82) is 0 Å². The molecule has 2 rings (SSSR count). The molecule has 0 saturated heterocycles. The van der Waals surface area contributed by atoms with E-state index in [0.29, 0.717) is 0 Å². The van der Waals surface area contributed by atoms with Crippen LogP contribution >= 0.6 is 0 Å². The number of allylic oxidation sites excluding steroid dienone is 2. The normalized spacial score (nSPS) is 31.7. The minimum atomic E-state index is 0.719. The van der Waals surface area contributed by atoms with Crippen LogP contribution in [0.1, 0.15) is 97.3 Å². The maximum Gasteiger partial charge on any atom is 0.0203 e. The van der Waals surface area contributed by atoms with E-state index in [1.807, 2.05) is 0 Å². The minimum Gasteiger partial charge on any atom is -0.103 e. The molecule has 130 valence electrons. The fourth-order valence-electron chi connectivity index (χ4n) is 4.48. The summed E-state index contributed by atoms with van der Waals surface area (Å²) in [6, 6.07) is 0. The molecule has 0 aromatic heterocycles. The molecular formula is C23H38. The Kier molecular flexibility index (Phi) is 8.88. The van der Waals surface area contributed by atoms with Gasteiger partial charge < -0.3 is 0 Å². The summed E-state index contributed by atoms with van der Waals surface area (Å²) in [5.41, 5.74) is 0. The van der Waals surface area contributed by atoms with Crippen molar-refractivity contribution in [1.82, 2.24) is 0 Å². The van der Waals surface area contributed by atoms with Gasteiger partial charge in [-0.25, -0.2) is 0 Å². The van der Waals surface area contributed by atoms with Crippen LogP contribution in [-0.2, 0) is 0 Å². The molecule has 0 aliphatic heterocycles. The SMILES string of the molecule is CCC/C=C/C1CCC(C2CCC(C#CCCCC)CC2)CC1. The molecule has 0 nitrogen and oxygen atoms in total. The third-order valence-corrected chi connectivity index (χ3v) is 6.08. The molecule has 2 saturated carbocycles. The summed E-state index contributed by atoms with van der Waals surface area (Å²) in [4.78, 5) is 0. The Morgan fingerprint density at radius 1 is 0.826 bits per heavy atom. The average molecular weight is 315 g/mol. The summed E-state index contributed by atoms with van der Waals surface area (Å²) in [6.07, 6.45) is 22.7. The monoisotopic (exact) mass is 314 g/mol. The van der Waals surface area contributed by atoms with Gasteiger partial charge in [-0.15, -0.1) is 5.92 Å². The van der Waals surface area contributed by atoms with Gasteiger partial charge in [0.25, 0.3) is 0 Å². The Bertz CT molecular complexity index is 378. The molecule has 0 amide bonds. The Morgan fingerprint density at radius 3 is 2.09 bits per heavy atom. The van der Waals surface area contributed by atoms with Gasteiger partial charge in [0.05, 0.1) is 0 Å². The van der Waals surface area contributed by atoms with E-state index in [9.17, 15) is 0 Å². The first-order valence-corrected chi connectivity index (χ1v) is 10.5. The second-order valence-corrected chi connectivity index (χ2v) is 7.93. The van der Waals surface area contributed by atoms with Crippen LogP contribution in [0.4, 0.5) is 0 Å². The van der Waals surface area contributed by atoms with Crippen molar-refractivity contribution < 1.29 is 0 Å². The Morgan fingerprint density at radius 2 is 1.48 bits per heavy atom. The van der Waals surface area contributed by atoms with Crippen LogP contribution in [0.3, 0.4) is 0 Å². The Balaban J connectivity index is 1.65. The Hall–Kier alpha value is -0.700. The van der Waals surface area contributed by atoms with Gasteiger partial charge in [0, 0.05) is 12.3 Å². The van der Waals surface area contributed by atoms with E-state index in [1.54, 1.807) is 0 Å². The highest BCUT2D eigenvalue weighted by Crippen LogP contribution is 2.41. The van der Waals surface area contributed by atoms with Gasteiger partial charge in [-0.1, -0.05) is 44.8 Å². The van der Waals surface area contributed by atoms with Crippen LogP contribution < -0.4 is 0 Å². The summed E-state index contributed by atoms with van der Waals surface area (Å²) in [6.45, 7) is 4.52. The van der Waals surface area contributed by atoms with Crippen LogP contribution in [-0.4, -0.2) is 0 Å². The second-order valence-electron chi connectivity index (χ2n) is 7.93. The lowest BCUT2D eigenvalue weighted by Gasteiger charge is -2.36. The van der Waals surface area contributed by atoms with Crippen molar-refractivity contribution in [2.24, 2.45) is 23.7 Å². The van der Waals surface area contributed by atoms with Crippen molar-refractivity contribution in [2.45, 2.75) is 97.3 Å². The van der Waals surface area contributed by atoms with Crippen LogP contribution in [0.15, 0.2) is 12.2 Å². The molecular weight excluding hydrogens is 276 g/mol. The lowest BCUT2D eigenvalue weighted by atomic mass is 9.69. The zero-order chi connectivity index (χ0) is 16.3. The van der Waals surface area contributed by atoms with Crippen LogP contribution in [0.2, 0.25) is 0 Å². The summed E-state index contributed by atoms with van der Waals surface area (Å²) in [5.74, 6) is 10.6. The molecule has 0 spiro atoms. The van der Waals surface area contributed by atoms with Crippen LogP contribution in [0, 0.1) is 35.5 Å². The van der Waals surface area contributed by atoms with Gasteiger partial charge in [-0.05, 0) is 82.0 Å². The molecule has 0 aromatic rings. The second kappa shape index (κ2) is 11.0. The quantitative estimate of drug-likeness (QED) is 0.277. The zero-order valence-corrected chi connectivity index (χ0v) is 15.7. The largest absolute Gasteiger partial charge is 0.103 e. The third-order valence-electron chi connectivity index (χ3n) is 6.08. The van der Waals surface area contributed by atoms with Gasteiger partial charge in [0.1, 0.15) is 0 Å².